The summed E-state index contributed by atoms with van der Waals surface area (Å²) in [6, 6.07) is 12.9. The Morgan fingerprint density at radius 2 is 1.69 bits per heavy atom. The van der Waals surface area contributed by atoms with Crippen LogP contribution < -0.4 is 9.62 Å². The van der Waals surface area contributed by atoms with E-state index in [0.717, 1.165) is 11.8 Å². The van der Waals surface area contributed by atoms with Crippen LogP contribution >= 0.6 is 23.2 Å². The van der Waals surface area contributed by atoms with Crippen LogP contribution in [-0.2, 0) is 26.2 Å². The number of anilines is 1. The van der Waals surface area contributed by atoms with E-state index < -0.39 is 16.1 Å². The fraction of sp³-hybridized carbons (Fsp3) is 0.364. The van der Waals surface area contributed by atoms with Crippen molar-refractivity contribution in [2.75, 3.05) is 24.2 Å². The van der Waals surface area contributed by atoms with Crippen molar-refractivity contribution in [1.29, 1.82) is 0 Å². The van der Waals surface area contributed by atoms with Gasteiger partial charge in [0.05, 0.1) is 11.9 Å². The fourth-order valence-electron chi connectivity index (χ4n) is 3.26. The Bertz CT molecular complexity index is 1060. The molecule has 174 valence electrons. The maximum Gasteiger partial charge on any atom is 0.242 e. The minimum absolute atomic E-state index is 0.0640. The van der Waals surface area contributed by atoms with Gasteiger partial charge in [-0.25, -0.2) is 8.42 Å². The number of halogens is 2. The molecule has 10 heteroatoms. The van der Waals surface area contributed by atoms with Crippen LogP contribution in [0.5, 0.6) is 0 Å². The number of hydrogen-bond acceptors (Lipinski definition) is 4. The number of carbonyl (C=O) groups is 2. The molecule has 0 spiro atoms. The summed E-state index contributed by atoms with van der Waals surface area (Å²) in [5.41, 5.74) is 1.22. The number of rotatable bonds is 10. The fourth-order valence-corrected chi connectivity index (χ4v) is 4.61. The van der Waals surface area contributed by atoms with Crippen molar-refractivity contribution >= 4 is 50.7 Å². The number of sulfonamides is 1. The summed E-state index contributed by atoms with van der Waals surface area (Å²) in [4.78, 5) is 26.7. The van der Waals surface area contributed by atoms with Crippen molar-refractivity contribution in [3.63, 3.8) is 0 Å². The highest BCUT2D eigenvalue weighted by Gasteiger charge is 2.26. The van der Waals surface area contributed by atoms with Gasteiger partial charge in [-0.05, 0) is 49.2 Å². The minimum Gasteiger partial charge on any atom is -0.357 e. The van der Waals surface area contributed by atoms with Gasteiger partial charge in [0.15, 0.2) is 0 Å². The number of likely N-dealkylation sites (N-methyl/N-ethyl adjacent to an activating group) is 1. The molecule has 0 saturated carbocycles. The first-order valence-electron chi connectivity index (χ1n) is 10.0. The summed E-state index contributed by atoms with van der Waals surface area (Å²) in [6.07, 6.45) is 1.44. The highest BCUT2D eigenvalue weighted by atomic mass is 35.5. The van der Waals surface area contributed by atoms with E-state index >= 15 is 0 Å². The maximum atomic E-state index is 13.0. The van der Waals surface area contributed by atoms with E-state index in [1.807, 2.05) is 6.07 Å². The Morgan fingerprint density at radius 3 is 2.25 bits per heavy atom. The van der Waals surface area contributed by atoms with Crippen LogP contribution in [0.3, 0.4) is 0 Å². The predicted molar refractivity (Wildman–Crippen MR) is 128 cm³/mol. The predicted octanol–water partition coefficient (Wildman–Crippen LogP) is 3.70. The first-order valence-corrected chi connectivity index (χ1v) is 12.6. The average Bonchev–Trinajstić information content (AvgIpc) is 2.73. The Morgan fingerprint density at radius 1 is 1.06 bits per heavy atom. The number of amides is 2. The molecule has 1 atom stereocenters. The van der Waals surface area contributed by atoms with Gasteiger partial charge >= 0.3 is 0 Å². The van der Waals surface area contributed by atoms with Crippen LogP contribution in [0.15, 0.2) is 48.5 Å². The molecule has 0 heterocycles. The van der Waals surface area contributed by atoms with Gasteiger partial charge in [0.25, 0.3) is 0 Å². The number of nitrogens with zero attached hydrogens (tertiary/aromatic N) is 2. The molecule has 0 aliphatic rings. The molecule has 0 radical (unpaired) electrons. The first kappa shape index (κ1) is 26.0. The van der Waals surface area contributed by atoms with Crippen molar-refractivity contribution in [2.24, 2.45) is 0 Å². The van der Waals surface area contributed by atoms with Crippen molar-refractivity contribution in [2.45, 2.75) is 32.4 Å². The van der Waals surface area contributed by atoms with Gasteiger partial charge in [0, 0.05) is 36.6 Å². The number of nitrogens with one attached hydrogen (secondary N) is 1. The van der Waals surface area contributed by atoms with E-state index in [0.29, 0.717) is 15.7 Å². The van der Waals surface area contributed by atoms with Gasteiger partial charge in [-0.1, -0.05) is 41.4 Å². The Hall–Kier alpha value is -2.29. The van der Waals surface area contributed by atoms with Crippen molar-refractivity contribution < 1.29 is 18.0 Å². The monoisotopic (exact) mass is 499 g/mol. The second kappa shape index (κ2) is 11.5. The molecule has 0 aliphatic heterocycles. The van der Waals surface area contributed by atoms with Crippen molar-refractivity contribution in [1.82, 2.24) is 10.2 Å². The van der Waals surface area contributed by atoms with Crippen molar-refractivity contribution in [3.05, 3.63) is 64.1 Å². The zero-order chi connectivity index (χ0) is 23.9. The maximum absolute atomic E-state index is 13.0. The summed E-state index contributed by atoms with van der Waals surface area (Å²) < 4.78 is 25.8. The molecule has 0 aromatic heterocycles. The molecule has 2 amide bonds. The third-order valence-corrected chi connectivity index (χ3v) is 6.57. The minimum atomic E-state index is -3.57. The van der Waals surface area contributed by atoms with Gasteiger partial charge in [-0.15, -0.1) is 0 Å². The van der Waals surface area contributed by atoms with E-state index in [9.17, 15) is 18.0 Å². The molecule has 2 rings (SSSR count). The van der Waals surface area contributed by atoms with Crippen LogP contribution in [0.4, 0.5) is 5.69 Å². The zero-order valence-corrected chi connectivity index (χ0v) is 20.5. The van der Waals surface area contributed by atoms with E-state index in [4.69, 9.17) is 23.2 Å². The van der Waals surface area contributed by atoms with E-state index in [1.165, 1.54) is 16.3 Å². The highest BCUT2D eigenvalue weighted by molar-refractivity contribution is 7.92. The molecule has 0 aliphatic carbocycles. The molecule has 1 unspecified atom stereocenters. The van der Waals surface area contributed by atoms with E-state index in [2.05, 4.69) is 5.32 Å². The number of benzene rings is 2. The smallest absolute Gasteiger partial charge is 0.242 e. The second-order valence-electron chi connectivity index (χ2n) is 7.36. The largest absolute Gasteiger partial charge is 0.357 e. The highest BCUT2D eigenvalue weighted by Crippen LogP contribution is 2.23. The van der Waals surface area contributed by atoms with Crippen LogP contribution in [0.2, 0.25) is 10.0 Å². The average molecular weight is 500 g/mol. The normalized spacial score (nSPS) is 12.2. The van der Waals surface area contributed by atoms with Gasteiger partial charge in [0.2, 0.25) is 21.8 Å². The second-order valence-corrected chi connectivity index (χ2v) is 10.1. The lowest BCUT2D eigenvalue weighted by atomic mass is 10.1. The molecule has 0 saturated heterocycles. The lowest BCUT2D eigenvalue weighted by Crippen LogP contribution is -2.46. The number of carbonyl (C=O) groups excluding carboxylic acids is 2. The third-order valence-electron chi connectivity index (χ3n) is 4.90. The zero-order valence-electron chi connectivity index (χ0n) is 18.2. The molecule has 0 bridgehead atoms. The Kier molecular flexibility index (Phi) is 9.36. The molecule has 32 heavy (non-hydrogen) atoms. The van der Waals surface area contributed by atoms with E-state index in [-0.39, 0.29) is 37.7 Å². The van der Waals surface area contributed by atoms with Gasteiger partial charge in [0.1, 0.15) is 6.04 Å². The third kappa shape index (κ3) is 7.39. The van der Waals surface area contributed by atoms with Crippen LogP contribution in [0.25, 0.3) is 0 Å². The standard InChI is InChI=1S/C22H27Cl2N3O4S/c1-16(22(29)25-2)26(15-17-7-4-8-18(23)13-17)21(28)11-6-12-27(32(3,30)31)20-10-5-9-19(24)14-20/h4-5,7-10,13-14,16H,6,11-12,15H2,1-3H3,(H,25,29). The van der Waals surface area contributed by atoms with E-state index in [1.54, 1.807) is 49.4 Å². The molecule has 2 aromatic carbocycles. The summed E-state index contributed by atoms with van der Waals surface area (Å²) in [6.45, 7) is 1.96. The van der Waals surface area contributed by atoms with Gasteiger partial charge < -0.3 is 10.2 Å². The summed E-state index contributed by atoms with van der Waals surface area (Å²) in [5.74, 6) is -0.558. The SMILES string of the molecule is CNC(=O)C(C)N(Cc1cccc(Cl)c1)C(=O)CCCN(c1cccc(Cl)c1)S(C)(=O)=O. The summed E-state index contributed by atoms with van der Waals surface area (Å²) >= 11 is 12.1. The molecule has 7 nitrogen and oxygen atoms in total. The van der Waals surface area contributed by atoms with Crippen LogP contribution in [0.1, 0.15) is 25.3 Å². The lowest BCUT2D eigenvalue weighted by Gasteiger charge is -2.29. The molecular formula is C22H27Cl2N3O4S. The quantitative estimate of drug-likeness (QED) is 0.539. The van der Waals surface area contributed by atoms with Gasteiger partial charge in [-0.2, -0.15) is 0 Å². The summed E-state index contributed by atoms with van der Waals surface area (Å²) in [7, 11) is -2.06. The first-order chi connectivity index (χ1) is 15.0. The molecule has 2 aromatic rings. The number of hydrogen-bond donors (Lipinski definition) is 1. The molecular weight excluding hydrogens is 473 g/mol. The molecule has 1 N–H and O–H groups in total. The Labute approximate surface area is 199 Å². The molecule has 0 fully saturated rings. The van der Waals surface area contributed by atoms with Gasteiger partial charge in [-0.3, -0.25) is 13.9 Å². The van der Waals surface area contributed by atoms with Crippen molar-refractivity contribution in [3.8, 4) is 0 Å². The van der Waals surface area contributed by atoms with Crippen LogP contribution in [-0.4, -0.2) is 51.0 Å². The topological polar surface area (TPSA) is 86.8 Å². The van der Waals surface area contributed by atoms with Crippen LogP contribution in [0, 0.1) is 0 Å². The Balaban J connectivity index is 2.14. The summed E-state index contributed by atoms with van der Waals surface area (Å²) in [5, 5.41) is 3.51. The lowest BCUT2D eigenvalue weighted by molar-refractivity contribution is -0.140.